The van der Waals surface area contributed by atoms with Crippen molar-refractivity contribution in [1.29, 1.82) is 0 Å². The van der Waals surface area contributed by atoms with Gasteiger partial charge in [0.05, 0.1) is 28.6 Å². The van der Waals surface area contributed by atoms with Gasteiger partial charge in [0.25, 0.3) is 0 Å². The maximum atomic E-state index is 13.0. The van der Waals surface area contributed by atoms with Crippen molar-refractivity contribution in [1.82, 2.24) is 9.97 Å². The van der Waals surface area contributed by atoms with Crippen molar-refractivity contribution in [3.63, 3.8) is 0 Å². The molecule has 2 aromatic heterocycles. The Kier molecular flexibility index (Phi) is 12.9. The number of thiophene rings is 1. The third-order valence-electron chi connectivity index (χ3n) is 9.36. The van der Waals surface area contributed by atoms with E-state index in [2.05, 4.69) is 42.3 Å². The van der Waals surface area contributed by atoms with Gasteiger partial charge in [-0.2, -0.15) is 0 Å². The van der Waals surface area contributed by atoms with Gasteiger partial charge in [0.2, 0.25) is 12.0 Å². The third-order valence-corrected chi connectivity index (χ3v) is 13.2. The summed E-state index contributed by atoms with van der Waals surface area (Å²) in [6.07, 6.45) is 6.11. The van der Waals surface area contributed by atoms with Gasteiger partial charge < -0.3 is 33.5 Å². The van der Waals surface area contributed by atoms with Crippen LogP contribution in [-0.4, -0.2) is 74.5 Å². The average molecular weight is 814 g/mol. The molecular weight excluding hydrogens is 768 g/mol. The molecule has 3 aliphatic rings. The molecule has 0 radical (unpaired) electrons. The van der Waals surface area contributed by atoms with E-state index in [1.165, 1.54) is 23.2 Å². The first-order chi connectivity index (χ1) is 25.9. The van der Waals surface area contributed by atoms with Crippen LogP contribution >= 0.6 is 34.5 Å². The van der Waals surface area contributed by atoms with E-state index in [-0.39, 0.29) is 32.3 Å². The summed E-state index contributed by atoms with van der Waals surface area (Å²) in [6, 6.07) is 6.22. The maximum Gasteiger partial charge on any atom is 0.345 e. The number of ether oxygens (including phenoxy) is 6. The van der Waals surface area contributed by atoms with E-state index in [1.54, 1.807) is 24.3 Å². The van der Waals surface area contributed by atoms with Crippen LogP contribution in [-0.2, 0) is 20.7 Å². The summed E-state index contributed by atoms with van der Waals surface area (Å²) in [5.41, 5.74) is 4.77. The van der Waals surface area contributed by atoms with Gasteiger partial charge in [0, 0.05) is 37.1 Å². The molecule has 0 amide bonds. The molecule has 7 rings (SSSR count). The molecule has 1 aliphatic carbocycles. The molecule has 54 heavy (non-hydrogen) atoms. The first-order valence-electron chi connectivity index (χ1n) is 18.0. The lowest BCUT2D eigenvalue weighted by Gasteiger charge is -2.24. The van der Waals surface area contributed by atoms with E-state index >= 15 is 0 Å². The molecule has 0 saturated carbocycles. The van der Waals surface area contributed by atoms with Gasteiger partial charge >= 0.3 is 5.97 Å². The predicted molar refractivity (Wildman–Crippen MR) is 217 cm³/mol. The zero-order valence-corrected chi connectivity index (χ0v) is 34.6. The SMILES string of the molecule is C=CCOC[C@@H]1COc2ccc(OCOCC[Si](C)(C)C)c(c2)C[C@H](C(=O)O)Oc2ncnc3sc(C4=CCCC4)c(c23)-c2c(C)c(Cl)c(c(Cl)c2C)O1. The van der Waals surface area contributed by atoms with Crippen LogP contribution in [0.2, 0.25) is 35.7 Å². The van der Waals surface area contributed by atoms with Gasteiger partial charge in [-0.3, -0.25) is 0 Å². The van der Waals surface area contributed by atoms with Crippen LogP contribution in [0.4, 0.5) is 0 Å². The van der Waals surface area contributed by atoms with Crippen LogP contribution in [0.25, 0.3) is 26.9 Å². The second-order valence-corrected chi connectivity index (χ2v) is 22.0. The van der Waals surface area contributed by atoms with Crippen molar-refractivity contribution in [3.8, 4) is 34.3 Å². The van der Waals surface area contributed by atoms with Crippen molar-refractivity contribution in [2.24, 2.45) is 0 Å². The molecule has 4 aromatic rings. The second-order valence-electron chi connectivity index (χ2n) is 14.6. The monoisotopic (exact) mass is 812 g/mol. The fourth-order valence-corrected chi connectivity index (χ4v) is 8.99. The average Bonchev–Trinajstić information content (AvgIpc) is 3.80. The number of aliphatic carboxylic acids is 1. The maximum absolute atomic E-state index is 13.0. The van der Waals surface area contributed by atoms with Crippen LogP contribution in [0, 0.1) is 13.8 Å². The Labute approximate surface area is 331 Å². The lowest BCUT2D eigenvalue weighted by Crippen LogP contribution is -2.31. The second kappa shape index (κ2) is 17.4. The summed E-state index contributed by atoms with van der Waals surface area (Å²) in [4.78, 5) is 23.8. The molecule has 10 nitrogen and oxygen atoms in total. The Hall–Kier alpha value is -3.65. The number of nitrogens with zero attached hydrogens (tertiary/aromatic N) is 2. The van der Waals surface area contributed by atoms with Gasteiger partial charge in [-0.15, -0.1) is 17.9 Å². The number of rotatable bonds is 12. The van der Waals surface area contributed by atoms with Crippen LogP contribution in [0.1, 0.15) is 40.8 Å². The Morgan fingerprint density at radius 2 is 1.89 bits per heavy atom. The molecule has 2 atom stereocenters. The van der Waals surface area contributed by atoms with E-state index in [9.17, 15) is 9.90 Å². The molecule has 0 spiro atoms. The number of hydrogen-bond donors (Lipinski definition) is 1. The number of allylic oxidation sites excluding steroid dienone is 2. The molecule has 0 saturated heterocycles. The highest BCUT2D eigenvalue weighted by Crippen LogP contribution is 2.53. The molecule has 4 heterocycles. The summed E-state index contributed by atoms with van der Waals surface area (Å²) < 4.78 is 37.0. The minimum Gasteiger partial charge on any atom is -0.490 e. The largest absolute Gasteiger partial charge is 0.490 e. The predicted octanol–water partition coefficient (Wildman–Crippen LogP) is 9.96. The molecule has 0 unspecified atom stereocenters. The lowest BCUT2D eigenvalue weighted by atomic mass is 9.91. The normalized spacial score (nSPS) is 17.4. The highest BCUT2D eigenvalue weighted by atomic mass is 35.5. The Balaban J connectivity index is 1.51. The molecule has 288 valence electrons. The number of halogens is 2. The highest BCUT2D eigenvalue weighted by Gasteiger charge is 2.32. The Morgan fingerprint density at radius 1 is 1.11 bits per heavy atom. The third kappa shape index (κ3) is 9.06. The van der Waals surface area contributed by atoms with E-state index in [4.69, 9.17) is 51.6 Å². The van der Waals surface area contributed by atoms with Crippen molar-refractivity contribution < 1.29 is 38.3 Å². The molecule has 0 fully saturated rings. The van der Waals surface area contributed by atoms with Crippen molar-refractivity contribution in [2.45, 2.75) is 77.4 Å². The van der Waals surface area contributed by atoms with E-state index < -0.39 is 26.3 Å². The molecular formula is C40H46Cl2N2O8SSi. The highest BCUT2D eigenvalue weighted by molar-refractivity contribution is 7.20. The molecule has 1 N–H and O–H groups in total. The minimum absolute atomic E-state index is 0.00764. The summed E-state index contributed by atoms with van der Waals surface area (Å²) in [7, 11) is -1.30. The first-order valence-corrected chi connectivity index (χ1v) is 23.3. The number of carboxylic acid groups (broad SMARTS) is 1. The fourth-order valence-electron chi connectivity index (χ4n) is 6.51. The number of benzene rings is 2. The Morgan fingerprint density at radius 3 is 2.57 bits per heavy atom. The quantitative estimate of drug-likeness (QED) is 0.0641. The standard InChI is InChI=1S/C40H46Cl2N2O8SSi/c1-7-14-47-19-28-20-49-27-12-13-29(50-22-48-15-16-54(4,5)6)26(17-27)18-30(40(45)46)52-38-33-32(31-23(2)34(41)36(51-28)35(42)24(31)3)37(25-10-8-9-11-25)53-39(33)44-21-43-38/h7,10,12-13,17,21,28,30H,1,8-9,11,14-16,18-20,22H2,2-6H3,(H,45,46)/t28-,30-/m1/s1. The van der Waals surface area contributed by atoms with Gasteiger partial charge in [-0.25, -0.2) is 14.8 Å². The number of hydrogen-bond acceptors (Lipinski definition) is 10. The van der Waals surface area contributed by atoms with Crippen molar-refractivity contribution in [3.05, 3.63) is 74.9 Å². The number of aromatic nitrogens is 2. The van der Waals surface area contributed by atoms with Crippen LogP contribution in [0.3, 0.4) is 0 Å². The van der Waals surface area contributed by atoms with E-state index in [1.807, 2.05) is 13.8 Å². The van der Waals surface area contributed by atoms with E-state index in [0.29, 0.717) is 56.3 Å². The van der Waals surface area contributed by atoms with Gasteiger partial charge in [0.1, 0.15) is 29.3 Å². The number of carboxylic acids is 1. The Bertz CT molecular complexity index is 2030. The van der Waals surface area contributed by atoms with Crippen LogP contribution in [0.15, 0.2) is 43.3 Å². The summed E-state index contributed by atoms with van der Waals surface area (Å²) in [5.74, 6) is 0.196. The van der Waals surface area contributed by atoms with Gasteiger partial charge in [-0.1, -0.05) is 55.0 Å². The summed E-state index contributed by atoms with van der Waals surface area (Å²) in [5, 5.41) is 11.9. The smallest absolute Gasteiger partial charge is 0.345 e. The molecule has 2 aliphatic heterocycles. The van der Waals surface area contributed by atoms with Gasteiger partial charge in [0.15, 0.2) is 18.6 Å². The minimum atomic E-state index is -1.36. The van der Waals surface area contributed by atoms with Gasteiger partial charge in [-0.05, 0) is 79.6 Å². The number of carbonyl (C=O) groups is 1. The van der Waals surface area contributed by atoms with Crippen molar-refractivity contribution >= 4 is 64.4 Å². The van der Waals surface area contributed by atoms with Crippen molar-refractivity contribution in [2.75, 3.05) is 33.2 Å². The van der Waals surface area contributed by atoms with E-state index in [0.717, 1.165) is 52.4 Å². The molecule has 14 heteroatoms. The number of fused-ring (bicyclic) bond motifs is 7. The summed E-state index contributed by atoms with van der Waals surface area (Å²) in [6.45, 7) is 15.5. The van der Waals surface area contributed by atoms with Crippen LogP contribution < -0.4 is 18.9 Å². The zero-order valence-electron chi connectivity index (χ0n) is 31.3. The van der Waals surface area contributed by atoms with Crippen LogP contribution in [0.5, 0.6) is 23.1 Å². The zero-order chi connectivity index (χ0) is 38.6. The lowest BCUT2D eigenvalue weighted by molar-refractivity contribution is -0.145. The molecule has 2 aromatic carbocycles. The summed E-state index contributed by atoms with van der Waals surface area (Å²) >= 11 is 15.9. The first kappa shape index (κ1) is 40.0. The topological polar surface area (TPSA) is 118 Å². The molecule has 4 bridgehead atoms. The fraction of sp³-hybridized carbons (Fsp3) is 0.425.